The van der Waals surface area contributed by atoms with Gasteiger partial charge in [0.05, 0.1) is 6.20 Å². The van der Waals surface area contributed by atoms with E-state index in [1.54, 1.807) is 0 Å². The second-order valence-electron chi connectivity index (χ2n) is 4.31. The molecule has 1 aromatic rings. The minimum Gasteiger partial charge on any atom is -0.357 e. The maximum Gasteiger partial charge on any atom is 0.191 e. The van der Waals surface area contributed by atoms with Gasteiger partial charge in [-0.05, 0) is 38.7 Å². The number of hydrogen-bond acceptors (Lipinski definition) is 2. The van der Waals surface area contributed by atoms with E-state index >= 15 is 0 Å². The van der Waals surface area contributed by atoms with Gasteiger partial charge in [-0.25, -0.2) is 0 Å². The van der Waals surface area contributed by atoms with Crippen LogP contribution >= 0.6 is 0 Å². The molecule has 102 valence electrons. The average molecular weight is 251 g/mol. The zero-order valence-electron chi connectivity index (χ0n) is 11.7. The first-order chi connectivity index (χ1) is 8.77. The minimum absolute atomic E-state index is 0.871. The largest absolute Gasteiger partial charge is 0.357 e. The van der Waals surface area contributed by atoms with Crippen LogP contribution in [0.3, 0.4) is 0 Å². The summed E-state index contributed by atoms with van der Waals surface area (Å²) in [4.78, 5) is 4.46. The number of nitrogens with one attached hydrogen (secondary N) is 3. The van der Waals surface area contributed by atoms with Crippen LogP contribution in [0.4, 0.5) is 0 Å². The van der Waals surface area contributed by atoms with E-state index in [4.69, 9.17) is 0 Å². The molecule has 0 bridgehead atoms. The Morgan fingerprint density at radius 1 is 1.39 bits per heavy atom. The Morgan fingerprint density at radius 3 is 2.83 bits per heavy atom. The standard InChI is InChI=1S/C13H25N5/c1-4-8-15-13(14-5-2)16-9-6-7-12-10-17-18-11(12)3/h10H,4-9H2,1-3H3,(H,17,18)(H2,14,15,16). The van der Waals surface area contributed by atoms with Crippen LogP contribution in [-0.4, -0.2) is 35.8 Å². The molecule has 0 spiro atoms. The van der Waals surface area contributed by atoms with E-state index in [2.05, 4.69) is 46.6 Å². The summed E-state index contributed by atoms with van der Waals surface area (Å²) in [6.07, 6.45) is 5.11. The van der Waals surface area contributed by atoms with Crippen molar-refractivity contribution >= 4 is 5.96 Å². The van der Waals surface area contributed by atoms with Gasteiger partial charge in [-0.1, -0.05) is 6.92 Å². The van der Waals surface area contributed by atoms with Crippen molar-refractivity contribution < 1.29 is 0 Å². The molecule has 1 heterocycles. The Balaban J connectivity index is 2.24. The van der Waals surface area contributed by atoms with Crippen LogP contribution in [0.25, 0.3) is 0 Å². The third-order valence-electron chi connectivity index (χ3n) is 2.69. The van der Waals surface area contributed by atoms with Gasteiger partial charge in [0.25, 0.3) is 0 Å². The smallest absolute Gasteiger partial charge is 0.191 e. The highest BCUT2D eigenvalue weighted by Gasteiger charge is 2.00. The number of guanidine groups is 1. The van der Waals surface area contributed by atoms with Crippen molar-refractivity contribution in [1.82, 2.24) is 20.8 Å². The molecule has 0 radical (unpaired) electrons. The third kappa shape index (κ3) is 5.21. The maximum atomic E-state index is 4.46. The monoisotopic (exact) mass is 251 g/mol. The molecule has 0 saturated heterocycles. The molecule has 1 rings (SSSR count). The first kappa shape index (κ1) is 14.5. The molecule has 0 atom stereocenters. The predicted octanol–water partition coefficient (Wildman–Crippen LogP) is 1.62. The van der Waals surface area contributed by atoms with Crippen LogP contribution in [0.2, 0.25) is 0 Å². The summed E-state index contributed by atoms with van der Waals surface area (Å²) < 4.78 is 0. The minimum atomic E-state index is 0.871. The molecular weight excluding hydrogens is 226 g/mol. The van der Waals surface area contributed by atoms with Crippen LogP contribution in [0.1, 0.15) is 37.9 Å². The summed E-state index contributed by atoms with van der Waals surface area (Å²) in [6, 6.07) is 0. The fourth-order valence-corrected chi connectivity index (χ4v) is 1.68. The van der Waals surface area contributed by atoms with Gasteiger partial charge >= 0.3 is 0 Å². The zero-order chi connectivity index (χ0) is 13.2. The van der Waals surface area contributed by atoms with E-state index in [0.717, 1.165) is 44.9 Å². The van der Waals surface area contributed by atoms with Crippen LogP contribution in [0.5, 0.6) is 0 Å². The molecule has 0 fully saturated rings. The molecule has 0 amide bonds. The Kier molecular flexibility index (Phi) is 6.91. The molecule has 0 aliphatic heterocycles. The average Bonchev–Trinajstić information content (AvgIpc) is 2.77. The predicted molar refractivity (Wildman–Crippen MR) is 75.9 cm³/mol. The summed E-state index contributed by atoms with van der Waals surface area (Å²) in [5, 5.41) is 13.6. The first-order valence-electron chi connectivity index (χ1n) is 6.79. The highest BCUT2D eigenvalue weighted by molar-refractivity contribution is 5.79. The lowest BCUT2D eigenvalue weighted by Crippen LogP contribution is -2.38. The lowest BCUT2D eigenvalue weighted by Gasteiger charge is -2.10. The van der Waals surface area contributed by atoms with E-state index in [-0.39, 0.29) is 0 Å². The number of rotatable bonds is 7. The molecular formula is C13H25N5. The Hall–Kier alpha value is -1.52. The summed E-state index contributed by atoms with van der Waals surface area (Å²) in [5.74, 6) is 0.920. The molecule has 18 heavy (non-hydrogen) atoms. The fourth-order valence-electron chi connectivity index (χ4n) is 1.68. The number of hydrogen-bond donors (Lipinski definition) is 3. The van der Waals surface area contributed by atoms with Crippen LogP contribution in [0.15, 0.2) is 11.2 Å². The molecule has 0 aliphatic carbocycles. The second-order valence-corrected chi connectivity index (χ2v) is 4.31. The molecule has 0 aromatic carbocycles. The van der Waals surface area contributed by atoms with E-state index < -0.39 is 0 Å². The normalized spacial score (nSPS) is 11.6. The van der Waals surface area contributed by atoms with Crippen molar-refractivity contribution in [2.24, 2.45) is 4.99 Å². The van der Waals surface area contributed by atoms with Gasteiger partial charge < -0.3 is 10.6 Å². The molecule has 0 saturated carbocycles. The SMILES string of the molecule is CCCN=C(NCC)NCCCc1cn[nH]c1C. The lowest BCUT2D eigenvalue weighted by molar-refractivity contribution is 0.740. The van der Waals surface area contributed by atoms with Gasteiger partial charge in [-0.3, -0.25) is 10.1 Å². The van der Waals surface area contributed by atoms with E-state index in [0.29, 0.717) is 0 Å². The number of aromatic nitrogens is 2. The third-order valence-corrected chi connectivity index (χ3v) is 2.69. The summed E-state index contributed by atoms with van der Waals surface area (Å²) in [6.45, 7) is 8.97. The Bertz CT molecular complexity index is 356. The fraction of sp³-hybridized carbons (Fsp3) is 0.692. The topological polar surface area (TPSA) is 65.1 Å². The zero-order valence-corrected chi connectivity index (χ0v) is 11.7. The van der Waals surface area contributed by atoms with Gasteiger partial charge in [0.2, 0.25) is 0 Å². The number of aryl methyl sites for hydroxylation is 2. The summed E-state index contributed by atoms with van der Waals surface area (Å²) in [5.41, 5.74) is 2.47. The molecule has 1 aromatic heterocycles. The van der Waals surface area contributed by atoms with Gasteiger partial charge in [0, 0.05) is 25.3 Å². The summed E-state index contributed by atoms with van der Waals surface area (Å²) in [7, 11) is 0. The van der Waals surface area contributed by atoms with Crippen LogP contribution in [0, 0.1) is 6.92 Å². The van der Waals surface area contributed by atoms with E-state index in [1.165, 1.54) is 11.3 Å². The number of H-pyrrole nitrogens is 1. The molecule has 5 nitrogen and oxygen atoms in total. The first-order valence-corrected chi connectivity index (χ1v) is 6.79. The molecule has 5 heteroatoms. The van der Waals surface area contributed by atoms with Crippen molar-refractivity contribution in [3.05, 3.63) is 17.5 Å². The van der Waals surface area contributed by atoms with Crippen LogP contribution in [-0.2, 0) is 6.42 Å². The number of nitrogens with zero attached hydrogens (tertiary/aromatic N) is 2. The number of aliphatic imine (C=N–C) groups is 1. The highest BCUT2D eigenvalue weighted by Crippen LogP contribution is 2.04. The van der Waals surface area contributed by atoms with Gasteiger partial charge in [0.1, 0.15) is 0 Å². The molecule has 0 unspecified atom stereocenters. The van der Waals surface area contributed by atoms with Crippen LogP contribution < -0.4 is 10.6 Å². The van der Waals surface area contributed by atoms with Gasteiger partial charge in [0.15, 0.2) is 5.96 Å². The van der Waals surface area contributed by atoms with Gasteiger partial charge in [-0.15, -0.1) is 0 Å². The van der Waals surface area contributed by atoms with E-state index in [1.807, 2.05) is 6.20 Å². The Morgan fingerprint density at radius 2 is 2.22 bits per heavy atom. The van der Waals surface area contributed by atoms with Gasteiger partial charge in [-0.2, -0.15) is 5.10 Å². The van der Waals surface area contributed by atoms with Crippen molar-refractivity contribution in [1.29, 1.82) is 0 Å². The quantitative estimate of drug-likeness (QED) is 0.392. The maximum absolute atomic E-state index is 4.46. The Labute approximate surface area is 109 Å². The lowest BCUT2D eigenvalue weighted by atomic mass is 10.1. The van der Waals surface area contributed by atoms with E-state index in [9.17, 15) is 0 Å². The molecule has 3 N–H and O–H groups in total. The molecule has 0 aliphatic rings. The van der Waals surface area contributed by atoms with Crippen molar-refractivity contribution in [2.75, 3.05) is 19.6 Å². The summed E-state index contributed by atoms with van der Waals surface area (Å²) >= 11 is 0. The van der Waals surface area contributed by atoms with Crippen molar-refractivity contribution in [3.63, 3.8) is 0 Å². The number of aromatic amines is 1. The second kappa shape index (κ2) is 8.55. The van der Waals surface area contributed by atoms with Crippen molar-refractivity contribution in [2.45, 2.75) is 40.0 Å². The highest BCUT2D eigenvalue weighted by atomic mass is 15.2. The van der Waals surface area contributed by atoms with Crippen molar-refractivity contribution in [3.8, 4) is 0 Å².